The van der Waals surface area contributed by atoms with Crippen LogP contribution in [0.1, 0.15) is 36.3 Å². The molecule has 2 aromatic rings. The molecule has 1 amide bonds. The van der Waals surface area contributed by atoms with Crippen LogP contribution in [0.25, 0.3) is 0 Å². The molecule has 5 nitrogen and oxygen atoms in total. The third kappa shape index (κ3) is 5.65. The lowest BCUT2D eigenvalue weighted by atomic mass is 10.1. The number of nitrogens with one attached hydrogen (secondary N) is 2. The van der Waals surface area contributed by atoms with Crippen LogP contribution in [-0.2, 0) is 6.54 Å². The van der Waals surface area contributed by atoms with Crippen molar-refractivity contribution in [1.29, 1.82) is 0 Å². The van der Waals surface area contributed by atoms with Crippen molar-refractivity contribution in [3.8, 4) is 0 Å². The Morgan fingerprint density at radius 3 is 2.65 bits per heavy atom. The number of carbonyl (C=O) groups excluding carboxylic acids is 1. The van der Waals surface area contributed by atoms with Gasteiger partial charge in [0.1, 0.15) is 11.5 Å². The summed E-state index contributed by atoms with van der Waals surface area (Å²) in [5.41, 5.74) is 1.12. The van der Waals surface area contributed by atoms with Gasteiger partial charge in [-0.1, -0.05) is 26.0 Å². The minimum atomic E-state index is -0.298. The van der Waals surface area contributed by atoms with E-state index in [1.54, 1.807) is 24.4 Å². The van der Waals surface area contributed by atoms with Crippen molar-refractivity contribution < 1.29 is 9.18 Å². The molecule has 0 aliphatic heterocycles. The molecule has 1 aromatic carbocycles. The number of nitrogens with zero attached hydrogens (tertiary/aromatic N) is 2. The monoisotopic (exact) mass is 316 g/mol. The minimum absolute atomic E-state index is 0.288. The number of hydrogen-bond acceptors (Lipinski definition) is 4. The van der Waals surface area contributed by atoms with Crippen molar-refractivity contribution in [2.75, 3.05) is 11.9 Å². The van der Waals surface area contributed by atoms with E-state index in [4.69, 9.17) is 0 Å². The lowest BCUT2D eigenvalue weighted by Crippen LogP contribution is -2.24. The summed E-state index contributed by atoms with van der Waals surface area (Å²) in [6.45, 7) is 5.36. The summed E-state index contributed by atoms with van der Waals surface area (Å²) >= 11 is 0. The first-order valence-corrected chi connectivity index (χ1v) is 7.64. The largest absolute Gasteiger partial charge is 0.354 e. The molecular weight excluding hydrogens is 295 g/mol. The molecule has 0 radical (unpaired) electrons. The van der Waals surface area contributed by atoms with Gasteiger partial charge in [0.25, 0.3) is 5.91 Å². The lowest BCUT2D eigenvalue weighted by molar-refractivity contribution is 0.0946. The smallest absolute Gasteiger partial charge is 0.270 e. The molecule has 0 aliphatic rings. The summed E-state index contributed by atoms with van der Waals surface area (Å²) in [4.78, 5) is 20.4. The highest BCUT2D eigenvalue weighted by Crippen LogP contribution is 2.05. The Hall–Kier alpha value is -2.50. The van der Waals surface area contributed by atoms with E-state index in [9.17, 15) is 9.18 Å². The van der Waals surface area contributed by atoms with Gasteiger partial charge < -0.3 is 10.6 Å². The van der Waals surface area contributed by atoms with Gasteiger partial charge in [-0.15, -0.1) is 0 Å². The Bertz CT molecular complexity index is 643. The number of rotatable bonds is 7. The van der Waals surface area contributed by atoms with Gasteiger partial charge in [-0.3, -0.25) is 4.79 Å². The molecule has 0 aliphatic carbocycles. The molecule has 1 aromatic heterocycles. The Morgan fingerprint density at radius 1 is 1.22 bits per heavy atom. The second kappa shape index (κ2) is 8.22. The van der Waals surface area contributed by atoms with Gasteiger partial charge in [0.05, 0.1) is 0 Å². The lowest BCUT2D eigenvalue weighted by Gasteiger charge is -2.08. The first kappa shape index (κ1) is 16.9. The molecule has 0 saturated heterocycles. The standard InChI is InChI=1S/C17H21FN4O/c1-12(2)7-9-19-17-20-10-8-15(22-17)16(23)21-11-13-3-5-14(18)6-4-13/h3-6,8,10,12H,7,9,11H2,1-2H3,(H,21,23)(H,19,20,22). The highest BCUT2D eigenvalue weighted by Gasteiger charge is 2.08. The van der Waals surface area contributed by atoms with Crippen LogP contribution in [0.2, 0.25) is 0 Å². The zero-order valence-corrected chi connectivity index (χ0v) is 13.3. The third-order valence-corrected chi connectivity index (χ3v) is 3.26. The molecule has 0 spiro atoms. The molecule has 0 atom stereocenters. The Kier molecular flexibility index (Phi) is 6.02. The summed E-state index contributed by atoms with van der Waals surface area (Å²) in [5.74, 6) is 0.446. The van der Waals surface area contributed by atoms with Crippen molar-refractivity contribution in [3.05, 3.63) is 53.6 Å². The highest BCUT2D eigenvalue weighted by molar-refractivity contribution is 5.92. The van der Waals surface area contributed by atoms with Gasteiger partial charge in [0, 0.05) is 19.3 Å². The van der Waals surface area contributed by atoms with E-state index in [0.29, 0.717) is 24.1 Å². The fraction of sp³-hybridized carbons (Fsp3) is 0.353. The molecule has 0 fully saturated rings. The predicted octanol–water partition coefficient (Wildman–Crippen LogP) is 3.00. The maximum atomic E-state index is 12.8. The molecule has 122 valence electrons. The second-order valence-electron chi connectivity index (χ2n) is 5.68. The number of aromatic nitrogens is 2. The van der Waals surface area contributed by atoms with Crippen LogP contribution in [0.5, 0.6) is 0 Å². The number of benzene rings is 1. The molecule has 6 heteroatoms. The van der Waals surface area contributed by atoms with Crippen LogP contribution in [0.3, 0.4) is 0 Å². The van der Waals surface area contributed by atoms with Crippen molar-refractivity contribution in [2.45, 2.75) is 26.8 Å². The summed E-state index contributed by atoms with van der Waals surface area (Å²) in [5, 5.41) is 5.86. The van der Waals surface area contributed by atoms with Crippen LogP contribution in [0.4, 0.5) is 10.3 Å². The van der Waals surface area contributed by atoms with E-state index in [-0.39, 0.29) is 11.7 Å². The summed E-state index contributed by atoms with van der Waals surface area (Å²) in [6, 6.07) is 7.56. The van der Waals surface area contributed by atoms with Crippen LogP contribution in [0, 0.1) is 11.7 Å². The van der Waals surface area contributed by atoms with Crippen LogP contribution in [-0.4, -0.2) is 22.4 Å². The quantitative estimate of drug-likeness (QED) is 0.824. The first-order chi connectivity index (χ1) is 11.0. The zero-order valence-electron chi connectivity index (χ0n) is 13.3. The summed E-state index contributed by atoms with van der Waals surface area (Å²) in [7, 11) is 0. The van der Waals surface area contributed by atoms with Crippen LogP contribution in [0.15, 0.2) is 36.5 Å². The summed E-state index contributed by atoms with van der Waals surface area (Å²) < 4.78 is 12.8. The zero-order chi connectivity index (χ0) is 16.7. The van der Waals surface area contributed by atoms with Gasteiger partial charge in [-0.05, 0) is 36.1 Å². The van der Waals surface area contributed by atoms with Crippen LogP contribution < -0.4 is 10.6 Å². The Morgan fingerprint density at radius 2 is 1.96 bits per heavy atom. The van der Waals surface area contributed by atoms with Gasteiger partial charge >= 0.3 is 0 Å². The number of anilines is 1. The summed E-state index contributed by atoms with van der Waals surface area (Å²) in [6.07, 6.45) is 2.56. The van der Waals surface area contributed by atoms with Crippen molar-refractivity contribution in [2.24, 2.45) is 5.92 Å². The van der Waals surface area contributed by atoms with Gasteiger partial charge in [0.15, 0.2) is 0 Å². The second-order valence-corrected chi connectivity index (χ2v) is 5.68. The number of amides is 1. The van der Waals surface area contributed by atoms with E-state index in [0.717, 1.165) is 18.5 Å². The molecule has 1 heterocycles. The van der Waals surface area contributed by atoms with E-state index in [2.05, 4.69) is 34.4 Å². The predicted molar refractivity (Wildman–Crippen MR) is 87.5 cm³/mol. The molecule has 0 unspecified atom stereocenters. The van der Waals surface area contributed by atoms with Crippen molar-refractivity contribution in [1.82, 2.24) is 15.3 Å². The minimum Gasteiger partial charge on any atom is -0.354 e. The van der Waals surface area contributed by atoms with E-state index in [1.165, 1.54) is 12.1 Å². The van der Waals surface area contributed by atoms with Gasteiger partial charge in [0.2, 0.25) is 5.95 Å². The molecule has 2 rings (SSSR count). The maximum absolute atomic E-state index is 12.8. The molecular formula is C17H21FN4O. The fourth-order valence-electron chi connectivity index (χ4n) is 1.92. The normalized spacial score (nSPS) is 10.6. The number of carbonyl (C=O) groups is 1. The average molecular weight is 316 g/mol. The molecule has 0 saturated carbocycles. The number of hydrogen-bond donors (Lipinski definition) is 2. The first-order valence-electron chi connectivity index (χ1n) is 7.64. The van der Waals surface area contributed by atoms with Crippen molar-refractivity contribution in [3.63, 3.8) is 0 Å². The van der Waals surface area contributed by atoms with Gasteiger partial charge in [-0.25, -0.2) is 14.4 Å². The van der Waals surface area contributed by atoms with E-state index < -0.39 is 0 Å². The van der Waals surface area contributed by atoms with Crippen molar-refractivity contribution >= 4 is 11.9 Å². The van der Waals surface area contributed by atoms with Crippen LogP contribution >= 0.6 is 0 Å². The van der Waals surface area contributed by atoms with E-state index in [1.807, 2.05) is 0 Å². The topological polar surface area (TPSA) is 66.9 Å². The fourth-order valence-corrected chi connectivity index (χ4v) is 1.92. The molecule has 2 N–H and O–H groups in total. The Labute approximate surface area is 135 Å². The maximum Gasteiger partial charge on any atom is 0.270 e. The number of halogens is 1. The highest BCUT2D eigenvalue weighted by atomic mass is 19.1. The third-order valence-electron chi connectivity index (χ3n) is 3.26. The van der Waals surface area contributed by atoms with Gasteiger partial charge in [-0.2, -0.15) is 0 Å². The SMILES string of the molecule is CC(C)CCNc1nccc(C(=O)NCc2ccc(F)cc2)n1. The molecule has 0 bridgehead atoms. The molecule has 23 heavy (non-hydrogen) atoms. The van der Waals surface area contributed by atoms with E-state index >= 15 is 0 Å². The Balaban J connectivity index is 1.90. The average Bonchev–Trinajstić information content (AvgIpc) is 2.54.